The molecule has 0 bridgehead atoms. The summed E-state index contributed by atoms with van der Waals surface area (Å²) in [6.07, 6.45) is 1.53. The summed E-state index contributed by atoms with van der Waals surface area (Å²) < 4.78 is 6.90. The van der Waals surface area contributed by atoms with E-state index in [-0.39, 0.29) is 29.2 Å². The fourth-order valence-electron chi connectivity index (χ4n) is 6.58. The van der Waals surface area contributed by atoms with E-state index in [1.165, 1.54) is 12.1 Å². The number of hydrogen-bond acceptors (Lipinski definition) is 7. The van der Waals surface area contributed by atoms with Crippen LogP contribution >= 0.6 is 15.9 Å². The Labute approximate surface area is 226 Å². The van der Waals surface area contributed by atoms with Crippen molar-refractivity contribution >= 4 is 33.2 Å². The molecule has 3 aromatic rings. The number of nitrogens with zero attached hydrogens (tertiary/aromatic N) is 3. The Morgan fingerprint density at radius 2 is 1.89 bits per heavy atom. The van der Waals surface area contributed by atoms with Crippen LogP contribution in [-0.2, 0) is 16.9 Å². The average Bonchev–Trinajstić information content (AvgIpc) is 3.56. The molecule has 0 saturated carbocycles. The maximum absolute atomic E-state index is 13.7. The zero-order valence-corrected chi connectivity index (χ0v) is 21.7. The van der Waals surface area contributed by atoms with Crippen molar-refractivity contribution in [1.82, 2.24) is 4.90 Å². The van der Waals surface area contributed by atoms with Crippen molar-refractivity contribution in [3.8, 4) is 5.75 Å². The summed E-state index contributed by atoms with van der Waals surface area (Å²) >= 11 is 3.51. The van der Waals surface area contributed by atoms with Crippen molar-refractivity contribution in [2.24, 2.45) is 0 Å². The lowest BCUT2D eigenvalue weighted by Crippen LogP contribution is -2.55. The minimum atomic E-state index is -1.43. The van der Waals surface area contributed by atoms with Crippen LogP contribution in [-0.4, -0.2) is 39.3 Å². The predicted octanol–water partition coefficient (Wildman–Crippen LogP) is 4.99. The minimum Gasteiger partial charge on any atom is -0.489 e. The van der Waals surface area contributed by atoms with Gasteiger partial charge in [-0.2, -0.15) is 0 Å². The maximum Gasteiger partial charge on any atom is 0.269 e. The molecule has 0 aliphatic carbocycles. The van der Waals surface area contributed by atoms with Crippen molar-refractivity contribution in [2.75, 3.05) is 11.9 Å². The van der Waals surface area contributed by atoms with Gasteiger partial charge in [0.25, 0.3) is 17.6 Å². The summed E-state index contributed by atoms with van der Waals surface area (Å²) in [5, 5.41) is 27.0. The number of nitro benzene ring substituents is 1. The summed E-state index contributed by atoms with van der Waals surface area (Å²) in [5.74, 6) is -0.543. The van der Waals surface area contributed by atoms with E-state index in [9.17, 15) is 25.0 Å². The number of halogens is 1. The highest BCUT2D eigenvalue weighted by Gasteiger charge is 2.73. The standard InChI is InChI=1S/C27H23BrN4O6/c28-17-10-11-23(38-15-16-5-3-6-18(13-16)31(34)35)19(14-17)24-22-9-4-12-30(22)27(25(24)32(36)37)20-7-1-2-8-21(20)29-26(27)33/h1-3,5-8,10-11,13-14,22,24-25H,4,9,12,15H2,(H,29,33)/t22-,24-,25+,27-/m0/s1. The van der Waals surface area contributed by atoms with Crippen molar-refractivity contribution in [3.63, 3.8) is 0 Å². The minimum absolute atomic E-state index is 0.0409. The Morgan fingerprint density at radius 1 is 1.08 bits per heavy atom. The second kappa shape index (κ2) is 9.17. The summed E-state index contributed by atoms with van der Waals surface area (Å²) in [6.45, 7) is 0.625. The molecule has 2 fully saturated rings. The number of benzene rings is 3. The van der Waals surface area contributed by atoms with E-state index in [0.29, 0.717) is 41.1 Å². The number of carbonyl (C=O) groups is 1. The normalized spacial score (nSPS) is 25.7. The van der Waals surface area contributed by atoms with E-state index in [2.05, 4.69) is 21.2 Å². The number of nitro groups is 2. The molecule has 0 radical (unpaired) electrons. The Kier molecular flexibility index (Phi) is 5.92. The molecule has 3 aliphatic heterocycles. The molecule has 3 aromatic carbocycles. The van der Waals surface area contributed by atoms with Gasteiger partial charge in [0.15, 0.2) is 5.54 Å². The van der Waals surface area contributed by atoms with Gasteiger partial charge in [-0.25, -0.2) is 0 Å². The van der Waals surface area contributed by atoms with E-state index in [0.717, 1.165) is 10.9 Å². The van der Waals surface area contributed by atoms with Crippen LogP contribution in [0.4, 0.5) is 11.4 Å². The summed E-state index contributed by atoms with van der Waals surface area (Å²) in [4.78, 5) is 39.0. The van der Waals surface area contributed by atoms with Crippen LogP contribution in [0, 0.1) is 20.2 Å². The van der Waals surface area contributed by atoms with Gasteiger partial charge in [0.2, 0.25) is 0 Å². The number of nitrogens with one attached hydrogen (secondary N) is 1. The first-order valence-corrected chi connectivity index (χ1v) is 13.1. The van der Waals surface area contributed by atoms with Gasteiger partial charge >= 0.3 is 0 Å². The maximum atomic E-state index is 13.7. The summed E-state index contributed by atoms with van der Waals surface area (Å²) in [6, 6.07) is 17.3. The largest absolute Gasteiger partial charge is 0.489 e. The highest BCUT2D eigenvalue weighted by molar-refractivity contribution is 9.10. The van der Waals surface area contributed by atoms with Crippen LogP contribution in [0.2, 0.25) is 0 Å². The lowest BCUT2D eigenvalue weighted by molar-refractivity contribution is -0.534. The van der Waals surface area contributed by atoms with E-state index in [1.807, 2.05) is 23.1 Å². The smallest absolute Gasteiger partial charge is 0.269 e. The average molecular weight is 579 g/mol. The van der Waals surface area contributed by atoms with Crippen LogP contribution in [0.5, 0.6) is 5.75 Å². The number of anilines is 1. The Morgan fingerprint density at radius 3 is 2.68 bits per heavy atom. The van der Waals surface area contributed by atoms with Gasteiger partial charge in [-0.1, -0.05) is 46.3 Å². The number of rotatable bonds is 6. The molecule has 3 aliphatic rings. The fourth-order valence-corrected chi connectivity index (χ4v) is 6.96. The first-order valence-electron chi connectivity index (χ1n) is 12.3. The molecule has 1 spiro atoms. The van der Waals surface area contributed by atoms with Crippen LogP contribution in [0.3, 0.4) is 0 Å². The Bertz CT molecular complexity index is 1480. The van der Waals surface area contributed by atoms with E-state index < -0.39 is 22.4 Å². The van der Waals surface area contributed by atoms with Crippen molar-refractivity contribution in [1.29, 1.82) is 0 Å². The summed E-state index contributed by atoms with van der Waals surface area (Å²) in [7, 11) is 0. The van der Waals surface area contributed by atoms with Gasteiger partial charge in [-0.3, -0.25) is 29.9 Å². The second-order valence-corrected chi connectivity index (χ2v) is 10.7. The van der Waals surface area contributed by atoms with Crippen LogP contribution in [0.25, 0.3) is 0 Å². The number of para-hydroxylation sites is 1. The lowest BCUT2D eigenvalue weighted by atomic mass is 9.77. The lowest BCUT2D eigenvalue weighted by Gasteiger charge is -2.32. The van der Waals surface area contributed by atoms with E-state index in [1.54, 1.807) is 36.4 Å². The zero-order chi connectivity index (χ0) is 26.6. The number of carbonyl (C=O) groups excluding carboxylic acids is 1. The second-order valence-electron chi connectivity index (χ2n) is 9.82. The summed E-state index contributed by atoms with van der Waals surface area (Å²) in [5.41, 5.74) is 1.01. The van der Waals surface area contributed by atoms with Gasteiger partial charge in [0.05, 0.1) is 10.8 Å². The van der Waals surface area contributed by atoms with E-state index >= 15 is 0 Å². The van der Waals surface area contributed by atoms with Crippen LogP contribution in [0.15, 0.2) is 71.2 Å². The highest BCUT2D eigenvalue weighted by Crippen LogP contribution is 2.59. The SMILES string of the molecule is O=C1Nc2ccccc2[C@]12[C@H]([N+](=O)[O-])[C@@H](c1cc(Br)ccc1OCc1cccc([N+](=O)[O-])c1)[C@@H]1CCCN12. The number of hydrogen-bond donors (Lipinski definition) is 1. The van der Waals surface area contributed by atoms with Crippen LogP contribution in [0.1, 0.15) is 35.4 Å². The third kappa shape index (κ3) is 3.60. The van der Waals surface area contributed by atoms with Crippen molar-refractivity contribution in [3.05, 3.63) is 108 Å². The first-order chi connectivity index (χ1) is 18.3. The molecule has 2 saturated heterocycles. The molecule has 11 heteroatoms. The van der Waals surface area contributed by atoms with Gasteiger partial charge in [0.1, 0.15) is 12.4 Å². The fraction of sp³-hybridized carbons (Fsp3) is 0.296. The molecule has 1 N–H and O–H groups in total. The van der Waals surface area contributed by atoms with E-state index in [4.69, 9.17) is 4.74 Å². The zero-order valence-electron chi connectivity index (χ0n) is 20.1. The molecule has 3 heterocycles. The van der Waals surface area contributed by atoms with Crippen LogP contribution < -0.4 is 10.1 Å². The molecule has 194 valence electrons. The highest BCUT2D eigenvalue weighted by atomic mass is 79.9. The van der Waals surface area contributed by atoms with Crippen molar-refractivity contribution in [2.45, 2.75) is 43.0 Å². The Hall–Kier alpha value is -3.83. The first kappa shape index (κ1) is 24.5. The molecular weight excluding hydrogens is 556 g/mol. The Balaban J connectivity index is 1.45. The number of amides is 1. The molecule has 38 heavy (non-hydrogen) atoms. The molecule has 1 amide bonds. The third-order valence-corrected chi connectivity index (χ3v) is 8.43. The quantitative estimate of drug-likeness (QED) is 0.322. The number of fused-ring (bicyclic) bond motifs is 4. The monoisotopic (exact) mass is 578 g/mol. The predicted molar refractivity (Wildman–Crippen MR) is 142 cm³/mol. The molecule has 0 aromatic heterocycles. The molecule has 4 atom stereocenters. The van der Waals surface area contributed by atoms with Crippen molar-refractivity contribution < 1.29 is 19.4 Å². The molecular formula is C27H23BrN4O6. The van der Waals surface area contributed by atoms with Gasteiger partial charge in [0, 0.05) is 50.9 Å². The number of non-ortho nitro benzene ring substituents is 1. The number of ether oxygens (including phenoxy) is 1. The molecule has 6 rings (SSSR count). The van der Waals surface area contributed by atoms with Gasteiger partial charge in [-0.05, 0) is 42.7 Å². The molecule has 0 unspecified atom stereocenters. The van der Waals surface area contributed by atoms with Gasteiger partial charge < -0.3 is 10.1 Å². The van der Waals surface area contributed by atoms with Gasteiger partial charge in [-0.15, -0.1) is 0 Å². The molecule has 10 nitrogen and oxygen atoms in total. The third-order valence-electron chi connectivity index (χ3n) is 7.94. The topological polar surface area (TPSA) is 128 Å².